The van der Waals surface area contributed by atoms with E-state index in [0.29, 0.717) is 5.92 Å². The van der Waals surface area contributed by atoms with Gasteiger partial charge in [-0.1, -0.05) is 20.4 Å². The van der Waals surface area contributed by atoms with Crippen LogP contribution in [0, 0.1) is 5.92 Å². The third-order valence-corrected chi connectivity index (χ3v) is 1.29. The van der Waals surface area contributed by atoms with Crippen LogP contribution in [0.5, 0.6) is 0 Å². The van der Waals surface area contributed by atoms with E-state index in [9.17, 15) is 0 Å². The fourth-order valence-corrected chi connectivity index (χ4v) is 0.464. The lowest BCUT2D eigenvalue weighted by molar-refractivity contribution is 0.401. The average Bonchev–Trinajstić information content (AvgIpc) is 1.84. The Hall–Kier alpha value is -0.790. The molecule has 0 aromatic heterocycles. The second kappa shape index (κ2) is 3.28. The van der Waals surface area contributed by atoms with E-state index < -0.39 is 0 Å². The highest BCUT2D eigenvalue weighted by atomic mass is 15.4. The fourth-order valence-electron chi connectivity index (χ4n) is 0.464. The summed E-state index contributed by atoms with van der Waals surface area (Å²) in [5.74, 6) is 0.445. The third-order valence-electron chi connectivity index (χ3n) is 1.29. The number of hydrazone groups is 1. The SMILES string of the molecule is C=NN(C)C(=C)C(C)C. The lowest BCUT2D eigenvalue weighted by atomic mass is 10.1. The van der Waals surface area contributed by atoms with Crippen molar-refractivity contribution in [3.05, 3.63) is 12.3 Å². The quantitative estimate of drug-likeness (QED) is 0.415. The van der Waals surface area contributed by atoms with Crippen LogP contribution in [0.3, 0.4) is 0 Å². The van der Waals surface area contributed by atoms with E-state index in [0.717, 1.165) is 5.70 Å². The molecule has 0 aliphatic carbocycles. The van der Waals surface area contributed by atoms with Crippen LogP contribution < -0.4 is 0 Å². The predicted octanol–water partition coefficient (Wildman–Crippen LogP) is 1.70. The van der Waals surface area contributed by atoms with Gasteiger partial charge in [0.2, 0.25) is 0 Å². The molecule has 9 heavy (non-hydrogen) atoms. The highest BCUT2D eigenvalue weighted by Crippen LogP contribution is 2.09. The maximum atomic E-state index is 3.82. The number of rotatable bonds is 3. The maximum absolute atomic E-state index is 3.82. The molecule has 0 aromatic carbocycles. The maximum Gasteiger partial charge on any atom is 0.0318 e. The molecule has 0 saturated carbocycles. The van der Waals surface area contributed by atoms with E-state index in [-0.39, 0.29) is 0 Å². The van der Waals surface area contributed by atoms with Gasteiger partial charge in [0.25, 0.3) is 0 Å². The minimum atomic E-state index is 0.445. The molecule has 52 valence electrons. The molecule has 0 aliphatic rings. The van der Waals surface area contributed by atoms with Crippen LogP contribution in [-0.4, -0.2) is 18.8 Å². The average molecular weight is 126 g/mol. The summed E-state index contributed by atoms with van der Waals surface area (Å²) in [5.41, 5.74) is 0.991. The minimum Gasteiger partial charge on any atom is -0.274 e. The first-order chi connectivity index (χ1) is 4.09. The van der Waals surface area contributed by atoms with Gasteiger partial charge < -0.3 is 0 Å². The summed E-state index contributed by atoms with van der Waals surface area (Å²) < 4.78 is 0. The molecule has 0 fully saturated rings. The van der Waals surface area contributed by atoms with Crippen LogP contribution in [0.25, 0.3) is 0 Å². The molecule has 0 rings (SSSR count). The molecule has 2 heteroatoms. The first kappa shape index (κ1) is 8.21. The van der Waals surface area contributed by atoms with Gasteiger partial charge in [0.15, 0.2) is 0 Å². The van der Waals surface area contributed by atoms with E-state index >= 15 is 0 Å². The van der Waals surface area contributed by atoms with Crippen molar-refractivity contribution < 1.29 is 0 Å². The number of hydrogen-bond acceptors (Lipinski definition) is 2. The van der Waals surface area contributed by atoms with Gasteiger partial charge >= 0.3 is 0 Å². The molecule has 0 saturated heterocycles. The van der Waals surface area contributed by atoms with Crippen molar-refractivity contribution in [2.24, 2.45) is 11.0 Å². The van der Waals surface area contributed by atoms with Crippen LogP contribution in [0.1, 0.15) is 13.8 Å². The zero-order valence-electron chi connectivity index (χ0n) is 6.39. The van der Waals surface area contributed by atoms with E-state index in [1.165, 1.54) is 0 Å². The molecule has 0 radical (unpaired) electrons. The van der Waals surface area contributed by atoms with Gasteiger partial charge in [-0.25, -0.2) is 0 Å². The first-order valence-electron chi connectivity index (χ1n) is 2.98. The topological polar surface area (TPSA) is 15.6 Å². The van der Waals surface area contributed by atoms with Gasteiger partial charge in [0, 0.05) is 19.5 Å². The van der Waals surface area contributed by atoms with Gasteiger partial charge in [-0.3, -0.25) is 5.01 Å². The summed E-state index contributed by atoms with van der Waals surface area (Å²) in [5, 5.41) is 5.38. The lowest BCUT2D eigenvalue weighted by Gasteiger charge is -2.17. The Bertz CT molecular complexity index is 116. The van der Waals surface area contributed by atoms with Crippen molar-refractivity contribution in [2.75, 3.05) is 7.05 Å². The molecule has 0 heterocycles. The highest BCUT2D eigenvalue weighted by molar-refractivity contribution is 5.23. The van der Waals surface area contributed by atoms with E-state index in [1.54, 1.807) is 5.01 Å². The van der Waals surface area contributed by atoms with Crippen molar-refractivity contribution in [3.8, 4) is 0 Å². The van der Waals surface area contributed by atoms with Crippen LogP contribution in [-0.2, 0) is 0 Å². The molecular formula is C7H14N2. The summed E-state index contributed by atoms with van der Waals surface area (Å²) in [6.07, 6.45) is 0. The summed E-state index contributed by atoms with van der Waals surface area (Å²) >= 11 is 0. The van der Waals surface area contributed by atoms with Crippen molar-refractivity contribution >= 4 is 6.72 Å². The Morgan fingerprint density at radius 1 is 1.56 bits per heavy atom. The first-order valence-corrected chi connectivity index (χ1v) is 2.98. The highest BCUT2D eigenvalue weighted by Gasteiger charge is 2.02. The van der Waals surface area contributed by atoms with Crippen molar-refractivity contribution in [2.45, 2.75) is 13.8 Å². The Kier molecular flexibility index (Phi) is 2.99. The predicted molar refractivity (Wildman–Crippen MR) is 41.3 cm³/mol. The van der Waals surface area contributed by atoms with E-state index in [4.69, 9.17) is 0 Å². The summed E-state index contributed by atoms with van der Waals surface area (Å²) in [7, 11) is 1.84. The second-order valence-electron chi connectivity index (χ2n) is 2.31. The molecule has 0 N–H and O–H groups in total. The van der Waals surface area contributed by atoms with Gasteiger partial charge in [0.1, 0.15) is 0 Å². The summed E-state index contributed by atoms with van der Waals surface area (Å²) in [6.45, 7) is 11.3. The van der Waals surface area contributed by atoms with Crippen molar-refractivity contribution in [1.29, 1.82) is 0 Å². The normalized spacial score (nSPS) is 9.33. The smallest absolute Gasteiger partial charge is 0.0318 e. The molecule has 0 unspecified atom stereocenters. The number of hydrogen-bond donors (Lipinski definition) is 0. The fraction of sp³-hybridized carbons (Fsp3) is 0.571. The van der Waals surface area contributed by atoms with Gasteiger partial charge in [-0.15, -0.1) is 0 Å². The Morgan fingerprint density at radius 2 is 2.00 bits per heavy atom. The number of allylic oxidation sites excluding steroid dienone is 1. The molecule has 2 nitrogen and oxygen atoms in total. The molecule has 0 aliphatic heterocycles. The van der Waals surface area contributed by atoms with Crippen LogP contribution in [0.4, 0.5) is 0 Å². The molecule has 0 spiro atoms. The van der Waals surface area contributed by atoms with Crippen molar-refractivity contribution in [3.63, 3.8) is 0 Å². The van der Waals surface area contributed by atoms with E-state index in [2.05, 4.69) is 32.2 Å². The molecular weight excluding hydrogens is 112 g/mol. The second-order valence-corrected chi connectivity index (χ2v) is 2.31. The Morgan fingerprint density at radius 3 is 2.11 bits per heavy atom. The van der Waals surface area contributed by atoms with Gasteiger partial charge in [-0.05, 0) is 5.92 Å². The minimum absolute atomic E-state index is 0.445. The Labute approximate surface area is 56.9 Å². The number of nitrogens with zero attached hydrogens (tertiary/aromatic N) is 2. The molecule has 0 amide bonds. The monoisotopic (exact) mass is 126 g/mol. The molecule has 0 atom stereocenters. The molecule has 0 bridgehead atoms. The lowest BCUT2D eigenvalue weighted by Crippen LogP contribution is -2.12. The third kappa shape index (κ3) is 2.31. The van der Waals surface area contributed by atoms with Gasteiger partial charge in [0.05, 0.1) is 0 Å². The van der Waals surface area contributed by atoms with Gasteiger partial charge in [-0.2, -0.15) is 5.10 Å². The van der Waals surface area contributed by atoms with Crippen LogP contribution >= 0.6 is 0 Å². The zero-order chi connectivity index (χ0) is 7.44. The summed E-state index contributed by atoms with van der Waals surface area (Å²) in [4.78, 5) is 0. The van der Waals surface area contributed by atoms with Crippen molar-refractivity contribution in [1.82, 2.24) is 5.01 Å². The van der Waals surface area contributed by atoms with Crippen LogP contribution in [0.2, 0.25) is 0 Å². The standard InChI is InChI=1S/C7H14N2/c1-6(2)7(3)9(5)8-4/h6H,3-4H2,1-2,5H3. The van der Waals surface area contributed by atoms with Crippen LogP contribution in [0.15, 0.2) is 17.4 Å². The Balaban J connectivity index is 3.87. The molecule has 0 aromatic rings. The van der Waals surface area contributed by atoms with E-state index in [1.807, 2.05) is 7.05 Å². The largest absolute Gasteiger partial charge is 0.274 e. The summed E-state index contributed by atoms with van der Waals surface area (Å²) in [6, 6.07) is 0. The zero-order valence-corrected chi connectivity index (χ0v) is 6.39.